The van der Waals surface area contributed by atoms with Gasteiger partial charge in [-0.05, 0) is 38.1 Å². The molecule has 1 aliphatic heterocycles. The lowest BCUT2D eigenvalue weighted by molar-refractivity contribution is 0.122. The second kappa shape index (κ2) is 5.67. The minimum absolute atomic E-state index is 0.496. The number of nitrogens with zero attached hydrogens (tertiary/aromatic N) is 1. The standard InChI is InChI=1S/C13H22N2O2/c1-10-9-15(2)6-5-11(10)14-8-12(16)13-4-3-7-17-13/h3-4,7,10-12,14,16H,5-6,8-9H2,1-2H3. The van der Waals surface area contributed by atoms with Crippen molar-refractivity contribution < 1.29 is 9.52 Å². The quantitative estimate of drug-likeness (QED) is 0.828. The third-order valence-corrected chi connectivity index (χ3v) is 3.55. The van der Waals surface area contributed by atoms with Crippen molar-refractivity contribution in [2.24, 2.45) is 5.92 Å². The van der Waals surface area contributed by atoms with E-state index in [1.165, 1.54) is 0 Å². The maximum absolute atomic E-state index is 9.91. The molecular formula is C13H22N2O2. The van der Waals surface area contributed by atoms with Crippen molar-refractivity contribution in [1.29, 1.82) is 0 Å². The Kier molecular flexibility index (Phi) is 4.20. The Labute approximate surface area is 103 Å². The van der Waals surface area contributed by atoms with Crippen LogP contribution in [0.25, 0.3) is 0 Å². The van der Waals surface area contributed by atoms with Crippen LogP contribution < -0.4 is 5.32 Å². The second-order valence-electron chi connectivity index (χ2n) is 5.07. The Morgan fingerprint density at radius 2 is 2.47 bits per heavy atom. The largest absolute Gasteiger partial charge is 0.467 e. The van der Waals surface area contributed by atoms with Crippen molar-refractivity contribution in [3.8, 4) is 0 Å². The molecular weight excluding hydrogens is 216 g/mol. The summed E-state index contributed by atoms with van der Waals surface area (Å²) >= 11 is 0. The number of nitrogens with one attached hydrogen (secondary N) is 1. The summed E-state index contributed by atoms with van der Waals surface area (Å²) in [6.07, 6.45) is 2.19. The van der Waals surface area contributed by atoms with Gasteiger partial charge in [0.25, 0.3) is 0 Å². The minimum atomic E-state index is -0.545. The molecule has 1 fully saturated rings. The van der Waals surface area contributed by atoms with E-state index in [1.807, 2.05) is 6.07 Å². The highest BCUT2D eigenvalue weighted by molar-refractivity contribution is 5.02. The third kappa shape index (κ3) is 3.31. The highest BCUT2D eigenvalue weighted by atomic mass is 16.4. The van der Waals surface area contributed by atoms with E-state index in [0.29, 0.717) is 24.3 Å². The van der Waals surface area contributed by atoms with Gasteiger partial charge < -0.3 is 19.7 Å². The van der Waals surface area contributed by atoms with Crippen molar-refractivity contribution >= 4 is 0 Å². The van der Waals surface area contributed by atoms with Gasteiger partial charge in [-0.3, -0.25) is 0 Å². The summed E-state index contributed by atoms with van der Waals surface area (Å²) in [6, 6.07) is 4.11. The van der Waals surface area contributed by atoms with E-state index < -0.39 is 6.10 Å². The molecule has 2 heterocycles. The number of likely N-dealkylation sites (tertiary alicyclic amines) is 1. The van der Waals surface area contributed by atoms with Crippen molar-refractivity contribution in [1.82, 2.24) is 10.2 Å². The molecule has 1 aromatic heterocycles. The van der Waals surface area contributed by atoms with Crippen molar-refractivity contribution in [2.45, 2.75) is 25.5 Å². The lowest BCUT2D eigenvalue weighted by Crippen LogP contribution is -2.47. The summed E-state index contributed by atoms with van der Waals surface area (Å²) in [7, 11) is 2.16. The summed E-state index contributed by atoms with van der Waals surface area (Å²) in [4.78, 5) is 2.35. The predicted molar refractivity (Wildman–Crippen MR) is 66.7 cm³/mol. The first-order valence-corrected chi connectivity index (χ1v) is 6.30. The summed E-state index contributed by atoms with van der Waals surface area (Å²) in [6.45, 7) is 5.06. The smallest absolute Gasteiger partial charge is 0.133 e. The van der Waals surface area contributed by atoms with Crippen LogP contribution in [0.15, 0.2) is 22.8 Å². The fourth-order valence-corrected chi connectivity index (χ4v) is 2.50. The van der Waals surface area contributed by atoms with Crippen LogP contribution in [0, 0.1) is 5.92 Å². The van der Waals surface area contributed by atoms with Crippen LogP contribution in [-0.4, -0.2) is 42.7 Å². The molecule has 3 unspecified atom stereocenters. The fraction of sp³-hybridized carbons (Fsp3) is 0.692. The third-order valence-electron chi connectivity index (χ3n) is 3.55. The number of aliphatic hydroxyl groups is 1. The molecule has 0 aliphatic carbocycles. The van der Waals surface area contributed by atoms with Crippen LogP contribution in [-0.2, 0) is 0 Å². The Hall–Kier alpha value is -0.840. The van der Waals surface area contributed by atoms with E-state index in [9.17, 15) is 5.11 Å². The lowest BCUT2D eigenvalue weighted by Gasteiger charge is -2.35. The van der Waals surface area contributed by atoms with Gasteiger partial charge in [-0.25, -0.2) is 0 Å². The molecule has 0 saturated carbocycles. The van der Waals surface area contributed by atoms with E-state index in [2.05, 4.69) is 24.2 Å². The summed E-state index contributed by atoms with van der Waals surface area (Å²) in [5.41, 5.74) is 0. The number of hydrogen-bond acceptors (Lipinski definition) is 4. The number of rotatable bonds is 4. The first kappa shape index (κ1) is 12.6. The maximum atomic E-state index is 9.91. The number of piperidine rings is 1. The van der Waals surface area contributed by atoms with Crippen molar-refractivity contribution in [3.05, 3.63) is 24.2 Å². The average molecular weight is 238 g/mol. The SMILES string of the molecule is CC1CN(C)CCC1NCC(O)c1ccco1. The Morgan fingerprint density at radius 1 is 1.65 bits per heavy atom. The van der Waals surface area contributed by atoms with Crippen LogP contribution in [0.2, 0.25) is 0 Å². The zero-order chi connectivity index (χ0) is 12.3. The number of furan rings is 1. The van der Waals surface area contributed by atoms with Gasteiger partial charge in [-0.15, -0.1) is 0 Å². The van der Waals surface area contributed by atoms with Crippen molar-refractivity contribution in [3.63, 3.8) is 0 Å². The molecule has 0 radical (unpaired) electrons. The van der Waals surface area contributed by atoms with E-state index >= 15 is 0 Å². The van der Waals surface area contributed by atoms with E-state index in [-0.39, 0.29) is 0 Å². The Morgan fingerprint density at radius 3 is 3.12 bits per heavy atom. The van der Waals surface area contributed by atoms with Gasteiger partial charge in [0.05, 0.1) is 6.26 Å². The van der Waals surface area contributed by atoms with E-state index in [4.69, 9.17) is 4.42 Å². The zero-order valence-corrected chi connectivity index (χ0v) is 10.6. The van der Waals surface area contributed by atoms with Crippen molar-refractivity contribution in [2.75, 3.05) is 26.7 Å². The molecule has 0 bridgehead atoms. The molecule has 1 saturated heterocycles. The first-order chi connectivity index (χ1) is 8.16. The second-order valence-corrected chi connectivity index (χ2v) is 5.07. The van der Waals surface area contributed by atoms with Gasteiger partial charge in [0.15, 0.2) is 0 Å². The maximum Gasteiger partial charge on any atom is 0.133 e. The molecule has 2 N–H and O–H groups in total. The Bertz CT molecular complexity index is 326. The molecule has 96 valence electrons. The predicted octanol–water partition coefficient (Wildman–Crippen LogP) is 1.24. The molecule has 2 rings (SSSR count). The fourth-order valence-electron chi connectivity index (χ4n) is 2.50. The lowest BCUT2D eigenvalue weighted by atomic mass is 9.94. The van der Waals surface area contributed by atoms with Gasteiger partial charge in [0.2, 0.25) is 0 Å². The molecule has 1 aromatic rings. The van der Waals surface area contributed by atoms with Gasteiger partial charge in [-0.2, -0.15) is 0 Å². The summed E-state index contributed by atoms with van der Waals surface area (Å²) < 4.78 is 5.18. The van der Waals surface area contributed by atoms with E-state index in [0.717, 1.165) is 19.5 Å². The van der Waals surface area contributed by atoms with Gasteiger partial charge in [0, 0.05) is 19.1 Å². The van der Waals surface area contributed by atoms with Gasteiger partial charge in [0.1, 0.15) is 11.9 Å². The molecule has 1 aliphatic rings. The molecule has 4 nitrogen and oxygen atoms in total. The minimum Gasteiger partial charge on any atom is -0.467 e. The normalized spacial score (nSPS) is 28.2. The van der Waals surface area contributed by atoms with Crippen LogP contribution in [0.3, 0.4) is 0 Å². The molecule has 4 heteroatoms. The molecule has 17 heavy (non-hydrogen) atoms. The molecule has 0 aromatic carbocycles. The molecule has 3 atom stereocenters. The highest BCUT2D eigenvalue weighted by Gasteiger charge is 2.24. The Balaban J connectivity index is 1.78. The topological polar surface area (TPSA) is 48.6 Å². The van der Waals surface area contributed by atoms with Crippen LogP contribution in [0.5, 0.6) is 0 Å². The van der Waals surface area contributed by atoms with Gasteiger partial charge >= 0.3 is 0 Å². The van der Waals surface area contributed by atoms with E-state index in [1.54, 1.807) is 12.3 Å². The molecule has 0 amide bonds. The van der Waals surface area contributed by atoms with Crippen LogP contribution in [0.4, 0.5) is 0 Å². The number of hydrogen-bond donors (Lipinski definition) is 2. The first-order valence-electron chi connectivity index (χ1n) is 6.30. The average Bonchev–Trinajstić information content (AvgIpc) is 2.81. The number of aliphatic hydroxyl groups excluding tert-OH is 1. The van der Waals surface area contributed by atoms with Crippen LogP contribution >= 0.6 is 0 Å². The zero-order valence-electron chi connectivity index (χ0n) is 10.6. The highest BCUT2D eigenvalue weighted by Crippen LogP contribution is 2.17. The van der Waals surface area contributed by atoms with Crippen LogP contribution in [0.1, 0.15) is 25.2 Å². The monoisotopic (exact) mass is 238 g/mol. The van der Waals surface area contributed by atoms with Gasteiger partial charge in [-0.1, -0.05) is 6.92 Å². The summed E-state index contributed by atoms with van der Waals surface area (Å²) in [5.74, 6) is 1.26. The summed E-state index contributed by atoms with van der Waals surface area (Å²) in [5, 5.41) is 13.4. The molecule has 0 spiro atoms.